The number of hydrogen-bond acceptors (Lipinski definition) is 3. The van der Waals surface area contributed by atoms with Gasteiger partial charge in [-0.2, -0.15) is 0 Å². The van der Waals surface area contributed by atoms with E-state index in [4.69, 9.17) is 11.6 Å². The zero-order chi connectivity index (χ0) is 13.3. The van der Waals surface area contributed by atoms with Gasteiger partial charge in [0, 0.05) is 12.3 Å². The van der Waals surface area contributed by atoms with E-state index in [-0.39, 0.29) is 28.7 Å². The predicted molar refractivity (Wildman–Crippen MR) is 66.9 cm³/mol. The number of carbonyl (C=O) groups excluding carboxylic acids is 1. The first-order valence-electron chi connectivity index (χ1n) is 5.55. The second kappa shape index (κ2) is 4.97. The molecule has 0 saturated carbocycles. The van der Waals surface area contributed by atoms with Crippen LogP contribution in [0.4, 0.5) is 4.39 Å². The van der Waals surface area contributed by atoms with Gasteiger partial charge in [-0.1, -0.05) is 23.7 Å². The van der Waals surface area contributed by atoms with E-state index in [0.29, 0.717) is 12.0 Å². The zero-order valence-corrected chi connectivity index (χ0v) is 11.1. The number of hydrogen-bond donors (Lipinski definition) is 0. The predicted octanol–water partition coefficient (Wildman–Crippen LogP) is 2.03. The minimum atomic E-state index is -3.08. The van der Waals surface area contributed by atoms with Gasteiger partial charge in [-0.3, -0.25) is 4.79 Å². The fourth-order valence-electron chi connectivity index (χ4n) is 2.07. The summed E-state index contributed by atoms with van der Waals surface area (Å²) >= 11 is 5.75. The van der Waals surface area contributed by atoms with Crippen molar-refractivity contribution in [2.24, 2.45) is 5.92 Å². The molecule has 0 aliphatic carbocycles. The Bertz CT molecular complexity index is 583. The summed E-state index contributed by atoms with van der Waals surface area (Å²) in [6.45, 7) is 0. The zero-order valence-electron chi connectivity index (χ0n) is 9.53. The number of halogens is 2. The van der Waals surface area contributed by atoms with E-state index in [1.54, 1.807) is 6.07 Å². The molecule has 1 aromatic rings. The summed E-state index contributed by atoms with van der Waals surface area (Å²) in [5, 5.41) is -0.0632. The van der Waals surface area contributed by atoms with Crippen molar-refractivity contribution in [2.45, 2.75) is 12.8 Å². The summed E-state index contributed by atoms with van der Waals surface area (Å²) in [7, 11) is -3.08. The van der Waals surface area contributed by atoms with E-state index in [9.17, 15) is 17.6 Å². The Morgan fingerprint density at radius 3 is 2.78 bits per heavy atom. The quantitative estimate of drug-likeness (QED) is 0.856. The van der Waals surface area contributed by atoms with Crippen molar-refractivity contribution in [3.05, 3.63) is 34.6 Å². The van der Waals surface area contributed by atoms with Crippen molar-refractivity contribution in [1.29, 1.82) is 0 Å². The average molecular weight is 291 g/mol. The van der Waals surface area contributed by atoms with Crippen LogP contribution in [-0.2, 0) is 21.1 Å². The lowest BCUT2D eigenvalue weighted by Crippen LogP contribution is -2.18. The fraction of sp³-hybridized carbons (Fsp3) is 0.417. The number of sulfone groups is 1. The standard InChI is InChI=1S/C12H12ClFO3S/c13-12-8(2-1-3-10(12)14)6-11(15)9-4-5-18(16,17)7-9/h1-3,9H,4-7H2. The highest BCUT2D eigenvalue weighted by Gasteiger charge is 2.32. The van der Waals surface area contributed by atoms with E-state index < -0.39 is 21.6 Å². The van der Waals surface area contributed by atoms with E-state index in [0.717, 1.165) is 0 Å². The lowest BCUT2D eigenvalue weighted by molar-refractivity contribution is -0.121. The Labute approximate surface area is 110 Å². The van der Waals surface area contributed by atoms with Gasteiger partial charge in [0.05, 0.1) is 16.5 Å². The van der Waals surface area contributed by atoms with Crippen molar-refractivity contribution in [3.8, 4) is 0 Å². The minimum absolute atomic E-state index is 0.0171. The SMILES string of the molecule is O=C(Cc1cccc(F)c1Cl)C1CCS(=O)(=O)C1. The van der Waals surface area contributed by atoms with Crippen molar-refractivity contribution in [3.63, 3.8) is 0 Å². The van der Waals surface area contributed by atoms with Crippen LogP contribution in [-0.4, -0.2) is 25.7 Å². The summed E-state index contributed by atoms with van der Waals surface area (Å²) in [5.74, 6) is -1.28. The van der Waals surface area contributed by atoms with Crippen LogP contribution in [0.3, 0.4) is 0 Å². The van der Waals surface area contributed by atoms with Crippen LogP contribution in [0.5, 0.6) is 0 Å². The highest BCUT2D eigenvalue weighted by molar-refractivity contribution is 7.91. The number of carbonyl (C=O) groups is 1. The molecule has 0 radical (unpaired) electrons. The molecule has 0 amide bonds. The molecule has 0 bridgehead atoms. The maximum absolute atomic E-state index is 13.2. The summed E-state index contributed by atoms with van der Waals surface area (Å²) in [6, 6.07) is 4.28. The third-order valence-electron chi connectivity index (χ3n) is 3.08. The molecule has 3 nitrogen and oxygen atoms in total. The summed E-state index contributed by atoms with van der Waals surface area (Å²) in [5.41, 5.74) is 0.408. The van der Waals surface area contributed by atoms with Crippen LogP contribution in [0.1, 0.15) is 12.0 Å². The van der Waals surface area contributed by atoms with Gasteiger partial charge in [-0.05, 0) is 18.1 Å². The first-order valence-corrected chi connectivity index (χ1v) is 7.75. The lowest BCUT2D eigenvalue weighted by Gasteiger charge is -2.08. The first-order chi connectivity index (χ1) is 8.39. The Balaban J connectivity index is 2.11. The molecule has 0 N–H and O–H groups in total. The third kappa shape index (κ3) is 2.90. The fourth-order valence-corrected chi connectivity index (χ4v) is 4.03. The average Bonchev–Trinajstić information content (AvgIpc) is 2.65. The Morgan fingerprint density at radius 2 is 2.17 bits per heavy atom. The molecule has 1 unspecified atom stereocenters. The van der Waals surface area contributed by atoms with Gasteiger partial charge >= 0.3 is 0 Å². The van der Waals surface area contributed by atoms with Gasteiger partial charge in [0.25, 0.3) is 0 Å². The molecule has 2 rings (SSSR count). The van der Waals surface area contributed by atoms with Crippen LogP contribution in [0.25, 0.3) is 0 Å². The molecule has 18 heavy (non-hydrogen) atoms. The van der Waals surface area contributed by atoms with Crippen LogP contribution in [0.15, 0.2) is 18.2 Å². The summed E-state index contributed by atoms with van der Waals surface area (Å²) < 4.78 is 35.8. The largest absolute Gasteiger partial charge is 0.299 e. The number of ketones is 1. The van der Waals surface area contributed by atoms with Crippen molar-refractivity contribution in [1.82, 2.24) is 0 Å². The van der Waals surface area contributed by atoms with E-state index in [2.05, 4.69) is 0 Å². The van der Waals surface area contributed by atoms with Crippen molar-refractivity contribution in [2.75, 3.05) is 11.5 Å². The monoisotopic (exact) mass is 290 g/mol. The highest BCUT2D eigenvalue weighted by atomic mass is 35.5. The molecule has 1 fully saturated rings. The molecule has 0 aromatic heterocycles. The van der Waals surface area contributed by atoms with Gasteiger partial charge in [0.1, 0.15) is 11.6 Å². The van der Waals surface area contributed by atoms with Gasteiger partial charge in [-0.15, -0.1) is 0 Å². The smallest absolute Gasteiger partial charge is 0.151 e. The highest BCUT2D eigenvalue weighted by Crippen LogP contribution is 2.24. The van der Waals surface area contributed by atoms with Crippen molar-refractivity contribution < 1.29 is 17.6 Å². The molecule has 0 spiro atoms. The number of Topliss-reactive ketones (excluding diaryl/α,β-unsaturated/α-hetero) is 1. The molecule has 1 saturated heterocycles. The second-order valence-corrected chi connectivity index (χ2v) is 7.06. The Hall–Kier alpha value is -0.940. The normalized spacial score (nSPS) is 22.0. The molecular formula is C12H12ClFO3S. The molecule has 1 aliphatic rings. The molecular weight excluding hydrogens is 279 g/mol. The number of benzene rings is 1. The van der Waals surface area contributed by atoms with Gasteiger partial charge in [-0.25, -0.2) is 12.8 Å². The first kappa shape index (κ1) is 13.5. The summed E-state index contributed by atoms with van der Waals surface area (Å²) in [6.07, 6.45) is 0.338. The molecule has 6 heteroatoms. The van der Waals surface area contributed by atoms with Crippen LogP contribution in [0.2, 0.25) is 5.02 Å². The molecule has 98 valence electrons. The van der Waals surface area contributed by atoms with E-state index in [1.165, 1.54) is 12.1 Å². The van der Waals surface area contributed by atoms with E-state index >= 15 is 0 Å². The van der Waals surface area contributed by atoms with Crippen LogP contribution in [0, 0.1) is 11.7 Å². The Kier molecular flexibility index (Phi) is 3.73. The van der Waals surface area contributed by atoms with Gasteiger partial charge in [0.2, 0.25) is 0 Å². The second-order valence-electron chi connectivity index (χ2n) is 4.46. The number of rotatable bonds is 3. The maximum atomic E-state index is 13.2. The van der Waals surface area contributed by atoms with E-state index in [1.807, 2.05) is 0 Å². The lowest BCUT2D eigenvalue weighted by atomic mass is 9.97. The van der Waals surface area contributed by atoms with Crippen LogP contribution >= 0.6 is 11.6 Å². The van der Waals surface area contributed by atoms with Crippen LogP contribution < -0.4 is 0 Å². The third-order valence-corrected chi connectivity index (χ3v) is 5.28. The maximum Gasteiger partial charge on any atom is 0.151 e. The Morgan fingerprint density at radius 1 is 1.44 bits per heavy atom. The molecule has 1 aliphatic heterocycles. The minimum Gasteiger partial charge on any atom is -0.299 e. The molecule has 1 heterocycles. The molecule has 1 atom stereocenters. The van der Waals surface area contributed by atoms with Gasteiger partial charge in [0.15, 0.2) is 9.84 Å². The molecule has 1 aromatic carbocycles. The van der Waals surface area contributed by atoms with Gasteiger partial charge < -0.3 is 0 Å². The topological polar surface area (TPSA) is 51.2 Å². The summed E-state index contributed by atoms with van der Waals surface area (Å²) in [4.78, 5) is 11.9. The van der Waals surface area contributed by atoms with Crippen molar-refractivity contribution >= 4 is 27.2 Å².